The number of rotatable bonds is 1. The van der Waals surface area contributed by atoms with Gasteiger partial charge >= 0.3 is 6.18 Å². The molecule has 0 N–H and O–H groups in total. The molecule has 1 aliphatic carbocycles. The van der Waals surface area contributed by atoms with Crippen LogP contribution in [0.1, 0.15) is 30.0 Å². The summed E-state index contributed by atoms with van der Waals surface area (Å²) >= 11 is 0. The zero-order valence-corrected chi connectivity index (χ0v) is 10.6. The Morgan fingerprint density at radius 2 is 2.05 bits per heavy atom. The fourth-order valence-corrected chi connectivity index (χ4v) is 2.87. The number of allylic oxidation sites excluding steroid dienone is 3. The van der Waals surface area contributed by atoms with Gasteiger partial charge in [0.15, 0.2) is 0 Å². The van der Waals surface area contributed by atoms with Crippen molar-refractivity contribution >= 4 is 11.3 Å². The molecule has 1 aromatic carbocycles. The summed E-state index contributed by atoms with van der Waals surface area (Å²) in [5, 5.41) is 0. The molecule has 0 amide bonds. The molecule has 1 aromatic rings. The number of hydrogen-bond acceptors (Lipinski definition) is 1. The van der Waals surface area contributed by atoms with Crippen molar-refractivity contribution in [2.24, 2.45) is 0 Å². The van der Waals surface area contributed by atoms with Gasteiger partial charge in [0.05, 0.1) is 5.56 Å². The van der Waals surface area contributed by atoms with Gasteiger partial charge in [-0.1, -0.05) is 6.08 Å². The number of anilines is 1. The van der Waals surface area contributed by atoms with Crippen LogP contribution in [0.15, 0.2) is 30.5 Å². The minimum atomic E-state index is -4.27. The van der Waals surface area contributed by atoms with E-state index in [0.29, 0.717) is 18.4 Å². The van der Waals surface area contributed by atoms with Crippen molar-refractivity contribution in [2.75, 3.05) is 11.4 Å². The predicted octanol–water partition coefficient (Wildman–Crippen LogP) is 4.39. The van der Waals surface area contributed by atoms with Crippen LogP contribution in [0.5, 0.6) is 0 Å². The first-order valence-electron chi connectivity index (χ1n) is 6.41. The lowest BCUT2D eigenvalue weighted by molar-refractivity contribution is -0.138. The average Bonchev–Trinajstić information content (AvgIpc) is 2.38. The molecule has 1 heterocycles. The summed E-state index contributed by atoms with van der Waals surface area (Å²) in [6.07, 6.45) is 2.74. The van der Waals surface area contributed by atoms with Gasteiger partial charge in [-0.05, 0) is 49.1 Å². The average molecular weight is 265 g/mol. The number of benzene rings is 1. The minimum absolute atomic E-state index is 0.449. The molecule has 0 bridgehead atoms. The molecular formula is C15H14F3N. The molecule has 0 fully saturated rings. The summed E-state index contributed by atoms with van der Waals surface area (Å²) in [6.45, 7) is 2.74. The lowest BCUT2D eigenvalue weighted by Gasteiger charge is -2.31. The highest BCUT2D eigenvalue weighted by Gasteiger charge is 2.36. The molecule has 0 saturated carbocycles. The van der Waals surface area contributed by atoms with Gasteiger partial charge in [-0.3, -0.25) is 0 Å². The molecule has 100 valence electrons. The van der Waals surface area contributed by atoms with Crippen molar-refractivity contribution in [1.29, 1.82) is 0 Å². The number of hydrogen-bond donors (Lipinski definition) is 0. The second-order valence-corrected chi connectivity index (χ2v) is 4.78. The monoisotopic (exact) mass is 265 g/mol. The Kier molecular flexibility index (Phi) is 2.69. The van der Waals surface area contributed by atoms with Gasteiger partial charge in [0, 0.05) is 24.0 Å². The third-order valence-corrected chi connectivity index (χ3v) is 3.73. The molecule has 0 unspecified atom stereocenters. The van der Waals surface area contributed by atoms with Crippen LogP contribution in [-0.4, -0.2) is 6.54 Å². The number of nitrogens with zero attached hydrogens (tertiary/aromatic N) is 1. The van der Waals surface area contributed by atoms with E-state index in [9.17, 15) is 13.2 Å². The first-order chi connectivity index (χ1) is 9.02. The van der Waals surface area contributed by atoms with E-state index >= 15 is 0 Å². The Morgan fingerprint density at radius 1 is 1.26 bits per heavy atom. The van der Waals surface area contributed by atoms with Crippen LogP contribution < -0.4 is 4.90 Å². The van der Waals surface area contributed by atoms with Crippen molar-refractivity contribution in [1.82, 2.24) is 0 Å². The van der Waals surface area contributed by atoms with E-state index in [0.717, 1.165) is 23.4 Å². The Labute approximate surface area is 110 Å². The highest BCUT2D eigenvalue weighted by atomic mass is 19.4. The Hall–Kier alpha value is -1.71. The van der Waals surface area contributed by atoms with Crippen LogP contribution in [-0.2, 0) is 12.6 Å². The quantitative estimate of drug-likeness (QED) is 0.728. The minimum Gasteiger partial charge on any atom is -0.348 e. The van der Waals surface area contributed by atoms with Crippen molar-refractivity contribution in [3.63, 3.8) is 0 Å². The first-order valence-corrected chi connectivity index (χ1v) is 6.41. The molecule has 1 nitrogen and oxygen atoms in total. The summed E-state index contributed by atoms with van der Waals surface area (Å²) in [6, 6.07) is 2.81. The molecule has 19 heavy (non-hydrogen) atoms. The second-order valence-electron chi connectivity index (χ2n) is 4.78. The maximum Gasteiger partial charge on any atom is 0.416 e. The van der Waals surface area contributed by atoms with E-state index in [1.807, 2.05) is 30.2 Å². The normalized spacial score (nSPS) is 17.3. The molecule has 0 spiro atoms. The summed E-state index contributed by atoms with van der Waals surface area (Å²) < 4.78 is 39.3. The van der Waals surface area contributed by atoms with Crippen LogP contribution in [0.25, 0.3) is 5.57 Å². The molecule has 0 atom stereocenters. The smallest absolute Gasteiger partial charge is 0.348 e. The third-order valence-electron chi connectivity index (χ3n) is 3.73. The topological polar surface area (TPSA) is 3.24 Å². The van der Waals surface area contributed by atoms with Gasteiger partial charge in [-0.25, -0.2) is 0 Å². The maximum absolute atomic E-state index is 13.1. The van der Waals surface area contributed by atoms with Crippen molar-refractivity contribution in [2.45, 2.75) is 25.9 Å². The van der Waals surface area contributed by atoms with E-state index in [-0.39, 0.29) is 0 Å². The molecule has 2 aliphatic rings. The zero-order valence-electron chi connectivity index (χ0n) is 10.6. The first kappa shape index (κ1) is 12.3. The Balaban J connectivity index is 2.26. The fraction of sp³-hybridized carbons (Fsp3) is 0.333. The lowest BCUT2D eigenvalue weighted by atomic mass is 9.84. The standard InChI is InChI=1S/C15H14F3N/c1-2-19-9-8-10-4-3-5-11-12(15(16,17)18)6-7-13(19)14(10)11/h4,6-9H,2-3,5H2,1H3. The zero-order chi connectivity index (χ0) is 13.6. The fourth-order valence-electron chi connectivity index (χ4n) is 2.87. The maximum atomic E-state index is 13.1. The summed E-state index contributed by atoms with van der Waals surface area (Å²) in [5.41, 5.74) is 2.55. The highest BCUT2D eigenvalue weighted by Crippen LogP contribution is 2.44. The molecule has 0 saturated heterocycles. The van der Waals surface area contributed by atoms with Gasteiger partial charge in [-0.15, -0.1) is 0 Å². The largest absolute Gasteiger partial charge is 0.416 e. The summed E-state index contributed by atoms with van der Waals surface area (Å²) in [5.74, 6) is 0. The van der Waals surface area contributed by atoms with E-state index < -0.39 is 11.7 Å². The van der Waals surface area contributed by atoms with Crippen molar-refractivity contribution in [3.05, 3.63) is 47.2 Å². The van der Waals surface area contributed by atoms with Crippen molar-refractivity contribution < 1.29 is 13.2 Å². The van der Waals surface area contributed by atoms with Gasteiger partial charge in [0.1, 0.15) is 0 Å². The molecule has 4 heteroatoms. The summed E-state index contributed by atoms with van der Waals surface area (Å²) in [7, 11) is 0. The number of alkyl halides is 3. The van der Waals surface area contributed by atoms with Gasteiger partial charge in [-0.2, -0.15) is 13.2 Å². The van der Waals surface area contributed by atoms with E-state index in [4.69, 9.17) is 0 Å². The van der Waals surface area contributed by atoms with Crippen molar-refractivity contribution in [3.8, 4) is 0 Å². The molecule has 3 rings (SSSR count). The summed E-state index contributed by atoms with van der Waals surface area (Å²) in [4.78, 5) is 1.99. The molecule has 1 aliphatic heterocycles. The Bertz CT molecular complexity index is 582. The van der Waals surface area contributed by atoms with Crippen LogP contribution in [0, 0.1) is 0 Å². The molecular weight excluding hydrogens is 251 g/mol. The predicted molar refractivity (Wildman–Crippen MR) is 69.9 cm³/mol. The van der Waals surface area contributed by atoms with E-state index in [2.05, 4.69) is 0 Å². The second kappa shape index (κ2) is 4.15. The SMILES string of the molecule is CCN1C=CC2=CCCc3c(C(F)(F)F)ccc1c32. The lowest BCUT2D eigenvalue weighted by Crippen LogP contribution is -2.23. The van der Waals surface area contributed by atoms with Gasteiger partial charge < -0.3 is 4.90 Å². The highest BCUT2D eigenvalue weighted by molar-refractivity contribution is 5.89. The van der Waals surface area contributed by atoms with Gasteiger partial charge in [0.25, 0.3) is 0 Å². The molecule has 0 aromatic heterocycles. The van der Waals surface area contributed by atoms with E-state index in [1.54, 1.807) is 6.07 Å². The van der Waals surface area contributed by atoms with Crippen LogP contribution in [0.3, 0.4) is 0 Å². The molecule has 0 radical (unpaired) electrons. The number of halogens is 3. The van der Waals surface area contributed by atoms with E-state index in [1.165, 1.54) is 6.07 Å². The van der Waals surface area contributed by atoms with Crippen LogP contribution >= 0.6 is 0 Å². The Morgan fingerprint density at radius 3 is 2.74 bits per heavy atom. The van der Waals surface area contributed by atoms with Crippen LogP contribution in [0.4, 0.5) is 18.9 Å². The van der Waals surface area contributed by atoms with Crippen LogP contribution in [0.2, 0.25) is 0 Å². The van der Waals surface area contributed by atoms with Gasteiger partial charge in [0.2, 0.25) is 0 Å². The third kappa shape index (κ3) is 1.86.